The Hall–Kier alpha value is -10.00. The first kappa shape index (κ1) is 83.5. The molecule has 604 valence electrons. The van der Waals surface area contributed by atoms with E-state index in [4.69, 9.17) is 71.1 Å². The van der Waals surface area contributed by atoms with Crippen molar-refractivity contribution in [2.45, 2.75) is 158 Å². The molecule has 12 atom stereocenters. The smallest absolute Gasteiger partial charge is 0.411 e. The van der Waals surface area contributed by atoms with Crippen molar-refractivity contribution in [3.05, 3.63) is 118 Å². The van der Waals surface area contributed by atoms with Gasteiger partial charge in [-0.2, -0.15) is 0 Å². The van der Waals surface area contributed by atoms with Crippen LogP contribution >= 0.6 is 0 Å². The van der Waals surface area contributed by atoms with Crippen LogP contribution in [0, 0.1) is 0 Å². The maximum absolute atomic E-state index is 14.8. The van der Waals surface area contributed by atoms with Gasteiger partial charge >= 0.3 is 24.1 Å². The molecule has 6 saturated heterocycles. The second-order valence-corrected chi connectivity index (χ2v) is 27.7. The first-order chi connectivity index (χ1) is 52.9. The molecule has 0 radical (unpaired) electrons. The number of carboxylic acids is 2. The molecule has 37 heteroatoms. The summed E-state index contributed by atoms with van der Waals surface area (Å²) in [6, 6.07) is 12.3. The zero-order valence-corrected chi connectivity index (χ0v) is 61.7. The van der Waals surface area contributed by atoms with Crippen molar-refractivity contribution in [3.63, 3.8) is 0 Å². The molecule has 0 unspecified atom stereocenters. The maximum atomic E-state index is 14.8. The molecule has 6 amide bonds. The van der Waals surface area contributed by atoms with E-state index in [2.05, 4.69) is 34.4 Å². The normalized spacial score (nSPS) is 24.2. The number of likely N-dealkylation sites (tertiary alicyclic amines) is 2. The predicted molar refractivity (Wildman–Crippen MR) is 381 cm³/mol. The van der Waals surface area contributed by atoms with E-state index in [0.29, 0.717) is 58.5 Å². The number of aliphatic hydroxyl groups excluding tert-OH is 6. The Bertz CT molecular complexity index is 4070. The molecule has 0 spiro atoms. The summed E-state index contributed by atoms with van der Waals surface area (Å²) in [5.74, 6) is -5.97. The van der Waals surface area contributed by atoms with Gasteiger partial charge < -0.3 is 132 Å². The summed E-state index contributed by atoms with van der Waals surface area (Å²) in [6.45, 7) is 14.0. The fraction of sp³-hybridized carbons (Fsp3) is 0.514. The minimum Gasteiger partial charge on any atom is -0.493 e. The van der Waals surface area contributed by atoms with Crippen LogP contribution in [-0.2, 0) is 65.4 Å². The Kier molecular flexibility index (Phi) is 28.1. The highest BCUT2D eigenvalue weighted by atomic mass is 16.7. The van der Waals surface area contributed by atoms with Gasteiger partial charge in [0.1, 0.15) is 61.3 Å². The highest BCUT2D eigenvalue weighted by Gasteiger charge is 2.51. The Labute approximate surface area is 636 Å². The van der Waals surface area contributed by atoms with Crippen LogP contribution in [0.15, 0.2) is 85.0 Å². The number of carboxylic acid groups (broad SMARTS) is 2. The van der Waals surface area contributed by atoms with Crippen molar-refractivity contribution in [1.29, 1.82) is 0 Å². The first-order valence-electron chi connectivity index (χ1n) is 35.5. The van der Waals surface area contributed by atoms with Gasteiger partial charge in [0.2, 0.25) is 12.6 Å². The molecule has 0 aliphatic carbocycles. The standard InChI is InChI=1S/C74H92N6O31/c1-36-24-46(68-102-20-21-103-68)79(32-36)64(89)40-28-50(98-7)52(30-44(40)76-72(95)106-34-38-12-14-48(42(26-38)62(87)75-16-19-97-6)108-70-58(85)54(81)56(83)60(110-70)66(91)92)100-17-10-9-11-18-101-53-31-45(41(29-51(53)99-8)65(90)80-33-37(2)25-47(80)69-104-22-23-105-69)77-73(96)107-35-39-13-15-49(43(27-39)63(88)78-74(3,4)5)109-71-59(86)55(82)57(84)61(111-71)67(93)94/h12-15,26-31,46-47,54-61,68-71,81-86H,1-2,9-11,16-25,32-35H2,3-8H3,(H,75,87)(H,76,95)(H,77,96)(H,78,88)(H,91,92)(H,93,94)/t46-,47-,54-,55-,56-,57-,58+,59+,60-,61-,70+,71+/m0/s1. The molecule has 37 nitrogen and oxygen atoms in total. The van der Waals surface area contributed by atoms with Crippen LogP contribution in [0.2, 0.25) is 0 Å². The van der Waals surface area contributed by atoms with E-state index in [0.717, 1.165) is 11.1 Å². The first-order valence-corrected chi connectivity index (χ1v) is 35.5. The average molecular weight is 1560 g/mol. The minimum absolute atomic E-state index is 0.0191. The molecule has 10 rings (SSSR count). The summed E-state index contributed by atoms with van der Waals surface area (Å²) in [7, 11) is 4.14. The summed E-state index contributed by atoms with van der Waals surface area (Å²) in [6.07, 6.45) is -21.4. The second-order valence-electron chi connectivity index (χ2n) is 27.7. The van der Waals surface area contributed by atoms with Gasteiger partial charge in [0.25, 0.3) is 23.6 Å². The number of ether oxygens (including phenoxy) is 15. The van der Waals surface area contributed by atoms with Crippen molar-refractivity contribution in [2.75, 3.05) is 97.8 Å². The number of hydrogen-bond donors (Lipinski definition) is 12. The topological polar surface area (TPSA) is 491 Å². The summed E-state index contributed by atoms with van der Waals surface area (Å²) in [5, 5.41) is 92.8. The molecule has 6 aliphatic heterocycles. The van der Waals surface area contributed by atoms with Gasteiger partial charge in [-0.15, -0.1) is 0 Å². The number of unbranched alkanes of at least 4 members (excludes halogenated alkanes) is 2. The van der Waals surface area contributed by atoms with E-state index in [9.17, 15) is 79.2 Å². The highest BCUT2D eigenvalue weighted by molar-refractivity contribution is 6.05. The van der Waals surface area contributed by atoms with Gasteiger partial charge in [-0.25, -0.2) is 19.2 Å². The molecule has 0 saturated carbocycles. The lowest BCUT2D eigenvalue weighted by atomic mass is 9.99. The number of anilines is 2. The Morgan fingerprint density at radius 3 is 1.31 bits per heavy atom. The van der Waals surface area contributed by atoms with E-state index >= 15 is 0 Å². The van der Waals surface area contributed by atoms with Crippen molar-refractivity contribution in [1.82, 2.24) is 20.4 Å². The van der Waals surface area contributed by atoms with Crippen LogP contribution in [0.5, 0.6) is 34.5 Å². The molecule has 12 N–H and O–H groups in total. The van der Waals surface area contributed by atoms with Gasteiger partial charge in [-0.05, 0) is 100 Å². The number of rotatable bonds is 31. The number of methoxy groups -OCH3 is 3. The van der Waals surface area contributed by atoms with Crippen LogP contribution in [0.4, 0.5) is 21.0 Å². The SMILES string of the molecule is C=C1C[C@@H](C2OCCO2)N(C(=O)c2cc(OC)c(OCCCCCOc3cc(NC(=O)OCc4ccc(O[C@@H]5O[C@H](C(=O)O)[C@@H](O)[C@H](O)[C@H]5O)c(C(=O)NC(C)(C)C)c4)c(C(=O)N4CC(=C)C[C@H]4C4OCCO4)cc3OC)cc2NC(=O)OCc2ccc(O[C@@H]3O[C@H](C(=O)O)[C@@H](O)[C@H](O)[C@H]3O)c(C(=O)NCCOC)c2)C1. The number of nitrogens with one attached hydrogen (secondary N) is 4. The zero-order valence-electron chi connectivity index (χ0n) is 61.7. The number of aliphatic hydroxyl groups is 6. The fourth-order valence-electron chi connectivity index (χ4n) is 12.9. The fourth-order valence-corrected chi connectivity index (χ4v) is 12.9. The summed E-state index contributed by atoms with van der Waals surface area (Å²) in [5.41, 5.74) is 0.439. The monoisotopic (exact) mass is 1560 g/mol. The van der Waals surface area contributed by atoms with Crippen LogP contribution in [0.3, 0.4) is 0 Å². The summed E-state index contributed by atoms with van der Waals surface area (Å²) >= 11 is 0. The second kappa shape index (κ2) is 37.3. The minimum atomic E-state index is -2.02. The number of nitrogens with zero attached hydrogens (tertiary/aromatic N) is 2. The highest BCUT2D eigenvalue weighted by Crippen LogP contribution is 2.41. The van der Waals surface area contributed by atoms with Gasteiger partial charge in [0.15, 0.2) is 47.8 Å². The summed E-state index contributed by atoms with van der Waals surface area (Å²) in [4.78, 5) is 112. The largest absolute Gasteiger partial charge is 0.493 e. The molecule has 6 aliphatic rings. The van der Waals surface area contributed by atoms with Crippen molar-refractivity contribution >= 4 is 59.1 Å². The number of carbonyl (C=O) groups is 8. The number of hydrogen-bond acceptors (Lipinski definition) is 29. The van der Waals surface area contributed by atoms with Gasteiger partial charge in [-0.3, -0.25) is 29.8 Å². The molecule has 0 bridgehead atoms. The molecule has 4 aromatic rings. The number of benzene rings is 4. The third-order valence-corrected chi connectivity index (χ3v) is 18.4. The molecule has 6 fully saturated rings. The van der Waals surface area contributed by atoms with Crippen LogP contribution in [0.25, 0.3) is 0 Å². The zero-order chi connectivity index (χ0) is 80.1. The number of aliphatic carboxylic acids is 2. The van der Waals surface area contributed by atoms with Crippen molar-refractivity contribution < 1.29 is 150 Å². The Balaban J connectivity index is 0.830. The number of amides is 6. The molecule has 4 aromatic carbocycles. The molecular weight excluding hydrogens is 1470 g/mol. The van der Waals surface area contributed by atoms with Crippen molar-refractivity contribution in [2.24, 2.45) is 0 Å². The lowest BCUT2D eigenvalue weighted by Gasteiger charge is -2.38. The third kappa shape index (κ3) is 20.6. The Morgan fingerprint density at radius 1 is 0.505 bits per heavy atom. The lowest BCUT2D eigenvalue weighted by molar-refractivity contribution is -0.271. The van der Waals surface area contributed by atoms with Crippen LogP contribution < -0.4 is 49.7 Å². The molecule has 6 heterocycles. The van der Waals surface area contributed by atoms with E-state index in [1.54, 1.807) is 20.8 Å². The summed E-state index contributed by atoms with van der Waals surface area (Å²) < 4.78 is 85.9. The van der Waals surface area contributed by atoms with E-state index < -0.39 is 153 Å². The quantitative estimate of drug-likeness (QED) is 0.0254. The number of carbonyl (C=O) groups excluding carboxylic acids is 6. The molecule has 0 aromatic heterocycles. The van der Waals surface area contributed by atoms with E-state index in [1.165, 1.54) is 91.8 Å². The van der Waals surface area contributed by atoms with E-state index in [1.807, 2.05) is 0 Å². The third-order valence-electron chi connectivity index (χ3n) is 18.4. The Morgan fingerprint density at radius 2 is 0.919 bits per heavy atom. The van der Waals surface area contributed by atoms with Gasteiger partial charge in [0.05, 0.1) is 106 Å². The maximum Gasteiger partial charge on any atom is 0.411 e. The predicted octanol–water partition coefficient (Wildman–Crippen LogP) is 2.56. The lowest BCUT2D eigenvalue weighted by Crippen LogP contribution is -2.61. The van der Waals surface area contributed by atoms with Crippen LogP contribution in [-0.4, -0.2) is 277 Å². The molecular formula is C74H92N6O31. The van der Waals surface area contributed by atoms with Crippen molar-refractivity contribution in [3.8, 4) is 34.5 Å². The van der Waals surface area contributed by atoms with Gasteiger partial charge in [-0.1, -0.05) is 36.4 Å². The van der Waals surface area contributed by atoms with Crippen LogP contribution in [0.1, 0.15) is 105 Å². The van der Waals surface area contributed by atoms with Gasteiger partial charge in [0, 0.05) is 44.4 Å². The van der Waals surface area contributed by atoms with E-state index in [-0.39, 0.29) is 119 Å². The molecule has 111 heavy (non-hydrogen) atoms. The average Bonchev–Trinajstić information content (AvgIpc) is 1.78.